The van der Waals surface area contributed by atoms with E-state index in [2.05, 4.69) is 24.5 Å². The summed E-state index contributed by atoms with van der Waals surface area (Å²) in [6.07, 6.45) is 0.874. The number of urea groups is 1. The van der Waals surface area contributed by atoms with Gasteiger partial charge in [-0.3, -0.25) is 15.0 Å². The number of nitrogens with zero attached hydrogens (tertiary/aromatic N) is 1. The highest BCUT2D eigenvalue weighted by Crippen LogP contribution is 2.25. The number of nitrogens with one attached hydrogen (secondary N) is 2. The molecule has 3 amide bonds. The van der Waals surface area contributed by atoms with E-state index in [1.54, 1.807) is 32.2 Å². The van der Waals surface area contributed by atoms with Gasteiger partial charge in [0.2, 0.25) is 5.91 Å². The lowest BCUT2D eigenvalue weighted by Crippen LogP contribution is -2.44. The zero-order valence-corrected chi connectivity index (χ0v) is 15.7. The van der Waals surface area contributed by atoms with Crippen LogP contribution in [0, 0.1) is 5.92 Å². The van der Waals surface area contributed by atoms with E-state index in [0.29, 0.717) is 30.5 Å². The number of hydrogen-bond donors (Lipinski definition) is 2. The minimum atomic E-state index is -0.457. The van der Waals surface area contributed by atoms with E-state index in [1.165, 1.54) is 0 Å². The quantitative estimate of drug-likeness (QED) is 0.711. The van der Waals surface area contributed by atoms with Gasteiger partial charge >= 0.3 is 6.03 Å². The summed E-state index contributed by atoms with van der Waals surface area (Å²) in [5.74, 6) is 1.55. The van der Waals surface area contributed by atoms with Crippen LogP contribution >= 0.6 is 0 Å². The molecule has 0 aliphatic rings. The van der Waals surface area contributed by atoms with Crippen molar-refractivity contribution in [1.82, 2.24) is 15.5 Å². The minimum Gasteiger partial charge on any atom is -0.497 e. The number of imide groups is 1. The Labute approximate surface area is 149 Å². The van der Waals surface area contributed by atoms with Crippen molar-refractivity contribution >= 4 is 11.9 Å². The molecule has 0 saturated heterocycles. The van der Waals surface area contributed by atoms with Crippen LogP contribution in [0.1, 0.15) is 25.8 Å². The number of amides is 3. The maximum atomic E-state index is 11.9. The van der Waals surface area contributed by atoms with Gasteiger partial charge in [0.25, 0.3) is 0 Å². The Morgan fingerprint density at radius 2 is 1.92 bits per heavy atom. The standard InChI is InChI=1S/C18H29N3O4/c1-13(2)8-9-19-18(23)20-17(22)12-21(3)11-14-6-7-15(24-4)10-16(14)25-5/h6-7,10,13H,8-9,11-12H2,1-5H3,(H2,19,20,22,23). The van der Waals surface area contributed by atoms with Gasteiger partial charge in [-0.2, -0.15) is 0 Å². The molecule has 0 aromatic heterocycles. The Kier molecular flexibility index (Phi) is 8.77. The molecule has 140 valence electrons. The summed E-state index contributed by atoms with van der Waals surface area (Å²) in [5, 5.41) is 5.01. The molecule has 7 nitrogen and oxygen atoms in total. The molecule has 1 aromatic rings. The van der Waals surface area contributed by atoms with E-state index in [-0.39, 0.29) is 12.5 Å². The highest BCUT2D eigenvalue weighted by atomic mass is 16.5. The number of likely N-dealkylation sites (N-methyl/N-ethyl adjacent to an activating group) is 1. The number of hydrogen-bond acceptors (Lipinski definition) is 5. The molecule has 2 N–H and O–H groups in total. The van der Waals surface area contributed by atoms with Crippen molar-refractivity contribution in [3.05, 3.63) is 23.8 Å². The highest BCUT2D eigenvalue weighted by Gasteiger charge is 2.13. The number of ether oxygens (including phenoxy) is 2. The number of methoxy groups -OCH3 is 2. The zero-order valence-electron chi connectivity index (χ0n) is 15.7. The Morgan fingerprint density at radius 1 is 1.20 bits per heavy atom. The van der Waals surface area contributed by atoms with Crippen molar-refractivity contribution in [2.24, 2.45) is 5.92 Å². The predicted octanol–water partition coefficient (Wildman–Crippen LogP) is 2.01. The first-order valence-electron chi connectivity index (χ1n) is 8.32. The number of benzene rings is 1. The summed E-state index contributed by atoms with van der Waals surface area (Å²) in [5.41, 5.74) is 0.931. The largest absolute Gasteiger partial charge is 0.497 e. The SMILES string of the molecule is COc1ccc(CN(C)CC(=O)NC(=O)NCCC(C)C)c(OC)c1. The minimum absolute atomic E-state index is 0.104. The van der Waals surface area contributed by atoms with Crippen LogP contribution in [0.4, 0.5) is 4.79 Å². The molecular formula is C18H29N3O4. The van der Waals surface area contributed by atoms with Crippen LogP contribution < -0.4 is 20.1 Å². The third-order valence-electron chi connectivity index (χ3n) is 3.61. The maximum Gasteiger partial charge on any atom is 0.321 e. The lowest BCUT2D eigenvalue weighted by molar-refractivity contribution is -0.120. The van der Waals surface area contributed by atoms with Crippen LogP contribution in [-0.4, -0.2) is 51.2 Å². The fourth-order valence-corrected chi connectivity index (χ4v) is 2.26. The van der Waals surface area contributed by atoms with Crippen LogP contribution in [0.25, 0.3) is 0 Å². The van der Waals surface area contributed by atoms with Gasteiger partial charge < -0.3 is 14.8 Å². The van der Waals surface area contributed by atoms with Gasteiger partial charge in [-0.05, 0) is 25.5 Å². The first kappa shape index (κ1) is 20.8. The molecule has 1 aromatic carbocycles. The summed E-state index contributed by atoms with van der Waals surface area (Å²) in [6.45, 7) is 5.32. The lowest BCUT2D eigenvalue weighted by Gasteiger charge is -2.18. The van der Waals surface area contributed by atoms with Gasteiger partial charge in [0.15, 0.2) is 0 Å². The molecule has 0 saturated carbocycles. The number of rotatable bonds is 9. The van der Waals surface area contributed by atoms with E-state index in [1.807, 2.05) is 12.1 Å². The molecule has 0 radical (unpaired) electrons. The summed E-state index contributed by atoms with van der Waals surface area (Å²) < 4.78 is 10.5. The monoisotopic (exact) mass is 351 g/mol. The topological polar surface area (TPSA) is 79.9 Å². The molecule has 0 fully saturated rings. The van der Waals surface area contributed by atoms with Gasteiger partial charge in [-0.15, -0.1) is 0 Å². The zero-order chi connectivity index (χ0) is 18.8. The van der Waals surface area contributed by atoms with Crippen LogP contribution in [0.2, 0.25) is 0 Å². The van der Waals surface area contributed by atoms with E-state index >= 15 is 0 Å². The van der Waals surface area contributed by atoms with Gasteiger partial charge in [0, 0.05) is 24.7 Å². The fraction of sp³-hybridized carbons (Fsp3) is 0.556. The molecule has 25 heavy (non-hydrogen) atoms. The number of carbonyl (C=O) groups is 2. The smallest absolute Gasteiger partial charge is 0.321 e. The Balaban J connectivity index is 2.46. The van der Waals surface area contributed by atoms with Crippen LogP contribution in [-0.2, 0) is 11.3 Å². The van der Waals surface area contributed by atoms with Crippen molar-refractivity contribution in [3.63, 3.8) is 0 Å². The summed E-state index contributed by atoms with van der Waals surface area (Å²) >= 11 is 0. The predicted molar refractivity (Wildman–Crippen MR) is 96.9 cm³/mol. The molecular weight excluding hydrogens is 322 g/mol. The molecule has 0 aliphatic heterocycles. The third-order valence-corrected chi connectivity index (χ3v) is 3.61. The summed E-state index contributed by atoms with van der Waals surface area (Å²) in [4.78, 5) is 25.4. The normalized spacial score (nSPS) is 10.7. The molecule has 1 rings (SSSR count). The second-order valence-electron chi connectivity index (χ2n) is 6.34. The molecule has 0 aliphatic carbocycles. The molecule has 0 spiro atoms. The Hall–Kier alpha value is -2.28. The van der Waals surface area contributed by atoms with Crippen LogP contribution in [0.3, 0.4) is 0 Å². The number of carbonyl (C=O) groups excluding carboxylic acids is 2. The van der Waals surface area contributed by atoms with Gasteiger partial charge in [0.05, 0.1) is 20.8 Å². The molecule has 0 bridgehead atoms. The van der Waals surface area contributed by atoms with Crippen molar-refractivity contribution in [3.8, 4) is 11.5 Å². The summed E-state index contributed by atoms with van der Waals surface area (Å²) in [7, 11) is 4.99. The van der Waals surface area contributed by atoms with Crippen molar-refractivity contribution < 1.29 is 19.1 Å². The average Bonchev–Trinajstić information content (AvgIpc) is 2.54. The van der Waals surface area contributed by atoms with Crippen LogP contribution in [0.5, 0.6) is 11.5 Å². The molecule has 0 unspecified atom stereocenters. The second-order valence-corrected chi connectivity index (χ2v) is 6.34. The first-order chi connectivity index (χ1) is 11.8. The molecule has 0 atom stereocenters. The average molecular weight is 351 g/mol. The van der Waals surface area contributed by atoms with Crippen LogP contribution in [0.15, 0.2) is 18.2 Å². The van der Waals surface area contributed by atoms with E-state index in [9.17, 15) is 9.59 Å². The first-order valence-corrected chi connectivity index (χ1v) is 8.32. The third kappa shape index (κ3) is 7.89. The highest BCUT2D eigenvalue weighted by molar-refractivity contribution is 5.95. The maximum absolute atomic E-state index is 11.9. The van der Waals surface area contributed by atoms with Gasteiger partial charge in [0.1, 0.15) is 11.5 Å². The fourth-order valence-electron chi connectivity index (χ4n) is 2.26. The van der Waals surface area contributed by atoms with Gasteiger partial charge in [-0.1, -0.05) is 19.9 Å². The van der Waals surface area contributed by atoms with E-state index in [0.717, 1.165) is 12.0 Å². The van der Waals surface area contributed by atoms with E-state index < -0.39 is 6.03 Å². The lowest BCUT2D eigenvalue weighted by atomic mass is 10.1. The Morgan fingerprint density at radius 3 is 2.52 bits per heavy atom. The molecule has 0 heterocycles. The van der Waals surface area contributed by atoms with Crippen molar-refractivity contribution in [1.29, 1.82) is 0 Å². The van der Waals surface area contributed by atoms with Gasteiger partial charge in [-0.25, -0.2) is 4.79 Å². The van der Waals surface area contributed by atoms with E-state index in [4.69, 9.17) is 9.47 Å². The Bertz CT molecular complexity index is 575. The second kappa shape index (κ2) is 10.6. The molecule has 7 heteroatoms. The van der Waals surface area contributed by atoms with Crippen molar-refractivity contribution in [2.45, 2.75) is 26.8 Å². The summed E-state index contributed by atoms with van der Waals surface area (Å²) in [6, 6.07) is 5.07. The van der Waals surface area contributed by atoms with Crippen molar-refractivity contribution in [2.75, 3.05) is 34.4 Å².